The van der Waals surface area contributed by atoms with Crippen LogP contribution in [-0.4, -0.2) is 98.9 Å². The Kier molecular flexibility index (Phi) is 39.9. The number of aliphatic hydroxyl groups excluding tert-OH is 5. The maximum atomic E-state index is 12.8. The summed E-state index contributed by atoms with van der Waals surface area (Å²) in [5.41, 5.74) is 0. The summed E-state index contributed by atoms with van der Waals surface area (Å²) in [5, 5.41) is 50.3. The van der Waals surface area contributed by atoms with Crippen molar-refractivity contribution in [2.45, 2.75) is 275 Å². The van der Waals surface area contributed by atoms with Crippen molar-refractivity contribution in [1.82, 2.24) is 0 Å². The van der Waals surface area contributed by atoms with Crippen molar-refractivity contribution in [2.24, 2.45) is 0 Å². The fourth-order valence-corrected chi connectivity index (χ4v) is 9.08. The number of unbranched alkanes of at least 4 members (excludes halogenated alkanes) is 29. The van der Waals surface area contributed by atoms with E-state index < -0.39 is 63.1 Å². The number of carbonyl (C=O) groups excluding carboxylic acids is 1. The van der Waals surface area contributed by atoms with Crippen molar-refractivity contribution >= 4 is 13.8 Å². The fourth-order valence-electron chi connectivity index (χ4n) is 8.11. The number of carbonyl (C=O) groups is 1. The summed E-state index contributed by atoms with van der Waals surface area (Å²) in [6.07, 6.45) is 36.8. The van der Waals surface area contributed by atoms with Crippen molar-refractivity contribution in [2.75, 3.05) is 19.8 Å². The molecule has 0 amide bonds. The van der Waals surface area contributed by atoms with Crippen LogP contribution in [0.4, 0.5) is 0 Å². The molecule has 6 unspecified atom stereocenters. The normalized spacial score (nSPS) is 21.8. The second-order valence-electron chi connectivity index (χ2n) is 18.4. The predicted octanol–water partition coefficient (Wildman–Crippen LogP) is 11.7. The van der Waals surface area contributed by atoms with E-state index in [0.29, 0.717) is 13.0 Å². The molecule has 0 aromatic heterocycles. The molecular formula is C51H97O12P. The Bertz CT molecular complexity index is 1150. The van der Waals surface area contributed by atoms with Crippen molar-refractivity contribution in [3.05, 3.63) is 24.3 Å². The maximum absolute atomic E-state index is 12.8. The second-order valence-corrected chi connectivity index (χ2v) is 19.8. The van der Waals surface area contributed by atoms with Crippen LogP contribution in [-0.2, 0) is 27.9 Å². The first kappa shape index (κ1) is 60.8. The minimum Gasteiger partial charge on any atom is -0.457 e. The van der Waals surface area contributed by atoms with E-state index in [1.165, 1.54) is 148 Å². The molecule has 1 aliphatic rings. The van der Waals surface area contributed by atoms with Gasteiger partial charge in [0.05, 0.1) is 13.2 Å². The lowest BCUT2D eigenvalue weighted by Crippen LogP contribution is -2.64. The molecule has 0 bridgehead atoms. The molecule has 1 saturated carbocycles. The highest BCUT2D eigenvalue weighted by Crippen LogP contribution is 2.47. The Balaban J connectivity index is 2.28. The van der Waals surface area contributed by atoms with E-state index >= 15 is 0 Å². The van der Waals surface area contributed by atoms with Gasteiger partial charge in [-0.15, -0.1) is 0 Å². The van der Waals surface area contributed by atoms with E-state index in [1.807, 2.05) is 0 Å². The van der Waals surface area contributed by atoms with Gasteiger partial charge in [-0.3, -0.25) is 13.8 Å². The number of hydrogen-bond donors (Lipinski definition) is 6. The van der Waals surface area contributed by atoms with E-state index in [4.69, 9.17) is 18.5 Å². The fraction of sp³-hybridized carbons (Fsp3) is 0.902. The third kappa shape index (κ3) is 33.3. The molecule has 0 saturated heterocycles. The molecule has 6 atom stereocenters. The first-order valence-electron chi connectivity index (χ1n) is 26.2. The van der Waals surface area contributed by atoms with Gasteiger partial charge in [0.25, 0.3) is 0 Å². The quantitative estimate of drug-likeness (QED) is 0.0147. The van der Waals surface area contributed by atoms with Crippen LogP contribution in [0, 0.1) is 0 Å². The van der Waals surface area contributed by atoms with Gasteiger partial charge in [0, 0.05) is 13.0 Å². The molecule has 0 radical (unpaired) electrons. The van der Waals surface area contributed by atoms with Crippen LogP contribution in [0.3, 0.4) is 0 Å². The Hall–Kier alpha value is -1.18. The highest BCUT2D eigenvalue weighted by Gasteiger charge is 2.51. The van der Waals surface area contributed by atoms with Crippen molar-refractivity contribution in [3.63, 3.8) is 0 Å². The number of allylic oxidation sites excluding steroid dienone is 4. The summed E-state index contributed by atoms with van der Waals surface area (Å²) in [5.74, 6) is -0.484. The SMILES string of the molecule is CCCCCC/C=C\CCCCCCCC(=O)OC(COCCCCCCCCCCCCCC/C=C\CCCCCCCCCC)COP(=O)(O)OC1C(O)C(O)C(O)C(O)C1O. The van der Waals surface area contributed by atoms with Crippen LogP contribution in [0.5, 0.6) is 0 Å². The first-order valence-corrected chi connectivity index (χ1v) is 27.7. The molecule has 0 aromatic rings. The molecular weight excluding hydrogens is 836 g/mol. The molecule has 1 fully saturated rings. The molecule has 6 N–H and O–H groups in total. The van der Waals surface area contributed by atoms with Gasteiger partial charge in [-0.25, -0.2) is 4.57 Å². The van der Waals surface area contributed by atoms with Crippen molar-refractivity contribution < 1.29 is 58.3 Å². The topological polar surface area (TPSA) is 192 Å². The summed E-state index contributed by atoms with van der Waals surface area (Å²) in [7, 11) is -5.02. The lowest BCUT2D eigenvalue weighted by atomic mass is 9.85. The van der Waals surface area contributed by atoms with Gasteiger partial charge in [0.2, 0.25) is 0 Å². The van der Waals surface area contributed by atoms with Crippen LogP contribution in [0.15, 0.2) is 24.3 Å². The number of rotatable bonds is 45. The predicted molar refractivity (Wildman–Crippen MR) is 258 cm³/mol. The third-order valence-corrected chi connectivity index (χ3v) is 13.3. The highest BCUT2D eigenvalue weighted by molar-refractivity contribution is 7.47. The molecule has 378 valence electrons. The Labute approximate surface area is 390 Å². The number of phosphoric ester groups is 1. The number of aliphatic hydroxyl groups is 5. The second kappa shape index (κ2) is 42.0. The minimum absolute atomic E-state index is 0.0772. The monoisotopic (exact) mass is 933 g/mol. The van der Waals surface area contributed by atoms with Crippen LogP contribution < -0.4 is 0 Å². The van der Waals surface area contributed by atoms with Gasteiger partial charge in [-0.2, -0.15) is 0 Å². The molecule has 0 heterocycles. The van der Waals surface area contributed by atoms with Gasteiger partial charge in [-0.1, -0.05) is 186 Å². The van der Waals surface area contributed by atoms with E-state index in [1.54, 1.807) is 0 Å². The van der Waals surface area contributed by atoms with Crippen LogP contribution in [0.2, 0.25) is 0 Å². The van der Waals surface area contributed by atoms with E-state index in [-0.39, 0.29) is 13.0 Å². The molecule has 1 rings (SSSR count). The van der Waals surface area contributed by atoms with E-state index in [0.717, 1.165) is 57.8 Å². The van der Waals surface area contributed by atoms with Crippen molar-refractivity contribution in [1.29, 1.82) is 0 Å². The lowest BCUT2D eigenvalue weighted by molar-refractivity contribution is -0.220. The zero-order valence-corrected chi connectivity index (χ0v) is 41.5. The van der Waals surface area contributed by atoms with Gasteiger partial charge < -0.3 is 39.9 Å². The number of esters is 1. The summed E-state index contributed by atoms with van der Waals surface area (Å²) < 4.78 is 34.3. The first-order chi connectivity index (χ1) is 31.0. The Morgan fingerprint density at radius 1 is 0.484 bits per heavy atom. The van der Waals surface area contributed by atoms with Gasteiger partial charge in [-0.05, 0) is 64.2 Å². The third-order valence-electron chi connectivity index (χ3n) is 12.3. The molecule has 1 aliphatic carbocycles. The summed E-state index contributed by atoms with van der Waals surface area (Å²) in [6, 6.07) is 0. The van der Waals surface area contributed by atoms with Gasteiger partial charge in [0.1, 0.15) is 42.7 Å². The van der Waals surface area contributed by atoms with Crippen LogP contribution in [0.1, 0.15) is 232 Å². The number of ether oxygens (including phenoxy) is 2. The molecule has 64 heavy (non-hydrogen) atoms. The summed E-state index contributed by atoms with van der Waals surface area (Å²) in [4.78, 5) is 23.2. The minimum atomic E-state index is -5.02. The smallest absolute Gasteiger partial charge is 0.457 e. The molecule has 0 aliphatic heterocycles. The number of hydrogen-bond acceptors (Lipinski definition) is 11. The zero-order valence-electron chi connectivity index (χ0n) is 40.6. The van der Waals surface area contributed by atoms with Crippen LogP contribution >= 0.6 is 7.82 Å². The molecule has 0 spiro atoms. The average Bonchev–Trinajstić information content (AvgIpc) is 3.28. The highest BCUT2D eigenvalue weighted by atomic mass is 31.2. The number of phosphoric acid groups is 1. The largest absolute Gasteiger partial charge is 0.472 e. The van der Waals surface area contributed by atoms with Crippen molar-refractivity contribution in [3.8, 4) is 0 Å². The lowest BCUT2D eigenvalue weighted by Gasteiger charge is -2.41. The Morgan fingerprint density at radius 2 is 0.828 bits per heavy atom. The molecule has 0 aromatic carbocycles. The van der Waals surface area contributed by atoms with Gasteiger partial charge in [0.15, 0.2) is 0 Å². The standard InChI is InChI=1S/C51H97O12P/c1-3-5-7-9-11-13-15-17-18-19-20-21-22-23-24-25-26-27-29-31-33-35-37-39-41-60-42-44(43-61-64(58,59)63-51-49(56)47(54)46(53)48(55)50(51)57)62-45(52)40-38-36-34-32-30-28-16-14-12-10-8-6-4-2/h14,16,19-20,44,46-51,53-57H,3-13,15,17-18,21-43H2,1-2H3,(H,58,59)/b16-14-,20-19-. The zero-order chi connectivity index (χ0) is 46.9. The maximum Gasteiger partial charge on any atom is 0.472 e. The van der Waals surface area contributed by atoms with E-state index in [9.17, 15) is 39.8 Å². The average molecular weight is 933 g/mol. The molecule has 12 nitrogen and oxygen atoms in total. The summed E-state index contributed by atoms with van der Waals surface area (Å²) in [6.45, 7) is 4.26. The molecule has 13 heteroatoms. The van der Waals surface area contributed by atoms with Gasteiger partial charge >= 0.3 is 13.8 Å². The van der Waals surface area contributed by atoms with Crippen LogP contribution in [0.25, 0.3) is 0 Å². The Morgan fingerprint density at radius 3 is 1.25 bits per heavy atom. The summed E-state index contributed by atoms with van der Waals surface area (Å²) >= 11 is 0. The van der Waals surface area contributed by atoms with E-state index in [2.05, 4.69) is 38.2 Å².